The number of hydrogen-bond donors (Lipinski definition) is 1. The van der Waals surface area contributed by atoms with E-state index in [9.17, 15) is 14.0 Å². The zero-order valence-electron chi connectivity index (χ0n) is 14.5. The van der Waals surface area contributed by atoms with Crippen LogP contribution >= 0.6 is 11.3 Å². The quantitative estimate of drug-likeness (QED) is 0.576. The van der Waals surface area contributed by atoms with Gasteiger partial charge >= 0.3 is 0 Å². The molecular weight excluding hydrogens is 371 g/mol. The first kappa shape index (κ1) is 17.3. The molecule has 27 heavy (non-hydrogen) atoms. The van der Waals surface area contributed by atoms with E-state index in [1.54, 1.807) is 10.5 Å². The standard InChI is InChI=1S/C17H15FN6O2S/c1-8(2)15-22-24(13(14(19)25)12-10(18)6-20-7-21-12)16(26)11-5-9-3-4-27-17(9)23(11)15/h3-8,13H,1-2H3,(H2,19,25). The zero-order valence-corrected chi connectivity index (χ0v) is 15.3. The van der Waals surface area contributed by atoms with Crippen molar-refractivity contribution in [1.29, 1.82) is 0 Å². The van der Waals surface area contributed by atoms with Crippen molar-refractivity contribution in [3.8, 4) is 0 Å². The molecule has 0 aliphatic heterocycles. The van der Waals surface area contributed by atoms with E-state index in [0.29, 0.717) is 11.3 Å². The molecule has 8 nitrogen and oxygen atoms in total. The second kappa shape index (κ2) is 6.23. The lowest BCUT2D eigenvalue weighted by molar-refractivity contribution is -0.120. The Labute approximate surface area is 156 Å². The van der Waals surface area contributed by atoms with E-state index in [1.807, 2.05) is 25.3 Å². The van der Waals surface area contributed by atoms with E-state index in [1.165, 1.54) is 11.3 Å². The van der Waals surface area contributed by atoms with E-state index in [4.69, 9.17) is 5.73 Å². The number of rotatable bonds is 4. The Morgan fingerprint density at radius 3 is 2.81 bits per heavy atom. The lowest BCUT2D eigenvalue weighted by Crippen LogP contribution is -2.39. The third-order valence-electron chi connectivity index (χ3n) is 4.26. The van der Waals surface area contributed by atoms with Gasteiger partial charge in [-0.25, -0.2) is 19.0 Å². The first-order valence-electron chi connectivity index (χ1n) is 8.16. The van der Waals surface area contributed by atoms with E-state index < -0.39 is 23.3 Å². The van der Waals surface area contributed by atoms with Crippen molar-refractivity contribution < 1.29 is 9.18 Å². The first-order valence-corrected chi connectivity index (χ1v) is 9.04. The van der Waals surface area contributed by atoms with Gasteiger partial charge in [-0.1, -0.05) is 13.8 Å². The minimum absolute atomic E-state index is 0.0687. The molecule has 0 aliphatic carbocycles. The van der Waals surface area contributed by atoms with Gasteiger partial charge in [-0.05, 0) is 17.5 Å². The number of aromatic nitrogens is 5. The molecular formula is C17H15FN6O2S. The van der Waals surface area contributed by atoms with Crippen LogP contribution in [0.2, 0.25) is 0 Å². The smallest absolute Gasteiger partial charge is 0.292 e. The van der Waals surface area contributed by atoms with Crippen LogP contribution in [0.4, 0.5) is 4.39 Å². The normalized spacial score (nSPS) is 12.9. The highest BCUT2D eigenvalue weighted by atomic mass is 32.1. The second-order valence-corrected chi connectivity index (χ2v) is 7.26. The van der Waals surface area contributed by atoms with Crippen LogP contribution in [0.1, 0.15) is 37.3 Å². The maximum Gasteiger partial charge on any atom is 0.292 e. The summed E-state index contributed by atoms with van der Waals surface area (Å²) in [5, 5.41) is 7.20. The molecule has 0 saturated heterocycles. The summed E-state index contributed by atoms with van der Waals surface area (Å²) in [5.74, 6) is -1.28. The fourth-order valence-corrected chi connectivity index (χ4v) is 3.97. The molecule has 0 radical (unpaired) electrons. The van der Waals surface area contributed by atoms with E-state index >= 15 is 0 Å². The molecule has 0 aliphatic rings. The monoisotopic (exact) mass is 386 g/mol. The number of halogens is 1. The van der Waals surface area contributed by atoms with Gasteiger partial charge in [0.15, 0.2) is 11.9 Å². The Balaban J connectivity index is 2.09. The molecule has 10 heteroatoms. The van der Waals surface area contributed by atoms with Crippen molar-refractivity contribution in [2.24, 2.45) is 5.73 Å². The van der Waals surface area contributed by atoms with Crippen molar-refractivity contribution in [2.75, 3.05) is 0 Å². The number of primary amides is 1. The van der Waals surface area contributed by atoms with Gasteiger partial charge in [-0.15, -0.1) is 11.3 Å². The summed E-state index contributed by atoms with van der Waals surface area (Å²) >= 11 is 1.49. The average molecular weight is 386 g/mol. The van der Waals surface area contributed by atoms with Crippen molar-refractivity contribution in [3.05, 3.63) is 57.7 Å². The van der Waals surface area contributed by atoms with E-state index in [-0.39, 0.29) is 11.6 Å². The Morgan fingerprint density at radius 1 is 1.37 bits per heavy atom. The van der Waals surface area contributed by atoms with Crippen LogP contribution in [-0.2, 0) is 4.79 Å². The van der Waals surface area contributed by atoms with E-state index in [2.05, 4.69) is 15.1 Å². The molecule has 0 fully saturated rings. The summed E-state index contributed by atoms with van der Waals surface area (Å²) in [7, 11) is 0. The SMILES string of the molecule is CC(C)c1nn(C(C(N)=O)c2ncncc2F)c(=O)c2cc3ccsc3n12. The van der Waals surface area contributed by atoms with Crippen molar-refractivity contribution in [3.63, 3.8) is 0 Å². The minimum Gasteiger partial charge on any atom is -0.367 e. The number of fused-ring (bicyclic) bond motifs is 3. The highest BCUT2D eigenvalue weighted by Crippen LogP contribution is 2.27. The third-order valence-corrected chi connectivity index (χ3v) is 5.18. The molecule has 1 unspecified atom stereocenters. The number of carbonyl (C=O) groups excluding carboxylic acids is 1. The summed E-state index contributed by atoms with van der Waals surface area (Å²) in [4.78, 5) is 33.5. The van der Waals surface area contributed by atoms with Crippen molar-refractivity contribution in [2.45, 2.75) is 25.8 Å². The van der Waals surface area contributed by atoms with Crippen LogP contribution in [0.25, 0.3) is 15.7 Å². The van der Waals surface area contributed by atoms with Crippen LogP contribution in [-0.4, -0.2) is 30.1 Å². The fourth-order valence-electron chi connectivity index (χ4n) is 3.07. The predicted molar refractivity (Wildman–Crippen MR) is 98.2 cm³/mol. The summed E-state index contributed by atoms with van der Waals surface area (Å²) in [6, 6.07) is 2.15. The van der Waals surface area contributed by atoms with Gasteiger partial charge in [-0.3, -0.25) is 14.0 Å². The van der Waals surface area contributed by atoms with Gasteiger partial charge in [-0.2, -0.15) is 5.10 Å². The summed E-state index contributed by atoms with van der Waals surface area (Å²) in [6.07, 6.45) is 2.01. The average Bonchev–Trinajstić information content (AvgIpc) is 3.20. The zero-order chi connectivity index (χ0) is 19.3. The predicted octanol–water partition coefficient (Wildman–Crippen LogP) is 1.84. The number of nitrogens with two attached hydrogens (primary N) is 1. The molecule has 0 spiro atoms. The van der Waals surface area contributed by atoms with Crippen LogP contribution in [0.3, 0.4) is 0 Å². The maximum absolute atomic E-state index is 14.2. The molecule has 0 aromatic carbocycles. The molecule has 4 rings (SSSR count). The van der Waals surface area contributed by atoms with Gasteiger partial charge in [0.2, 0.25) is 5.91 Å². The van der Waals surface area contributed by atoms with Crippen LogP contribution in [0.5, 0.6) is 0 Å². The highest BCUT2D eigenvalue weighted by molar-refractivity contribution is 7.16. The third kappa shape index (κ3) is 2.60. The van der Waals surface area contributed by atoms with Gasteiger partial charge in [0.05, 0.1) is 6.20 Å². The summed E-state index contributed by atoms with van der Waals surface area (Å²) < 4.78 is 16.9. The molecule has 1 amide bonds. The summed E-state index contributed by atoms with van der Waals surface area (Å²) in [5.41, 5.74) is 4.99. The topological polar surface area (TPSA) is 108 Å². The molecule has 0 bridgehead atoms. The second-order valence-electron chi connectivity index (χ2n) is 6.37. The molecule has 4 heterocycles. The van der Waals surface area contributed by atoms with Crippen LogP contribution in [0.15, 0.2) is 34.8 Å². The minimum atomic E-state index is -1.48. The maximum atomic E-state index is 14.2. The van der Waals surface area contributed by atoms with Gasteiger partial charge in [0.1, 0.15) is 28.2 Å². The summed E-state index contributed by atoms with van der Waals surface area (Å²) in [6.45, 7) is 3.83. The highest BCUT2D eigenvalue weighted by Gasteiger charge is 2.29. The number of amides is 1. The van der Waals surface area contributed by atoms with E-state index in [0.717, 1.165) is 27.4 Å². The molecule has 1 atom stereocenters. The number of thiophene rings is 1. The van der Waals surface area contributed by atoms with Gasteiger partial charge < -0.3 is 5.73 Å². The number of carbonyl (C=O) groups is 1. The lowest BCUT2D eigenvalue weighted by atomic mass is 10.1. The largest absolute Gasteiger partial charge is 0.367 e. The Kier molecular flexibility index (Phi) is 3.99. The molecule has 4 aromatic heterocycles. The van der Waals surface area contributed by atoms with Crippen molar-refractivity contribution >= 4 is 33.0 Å². The fraction of sp³-hybridized carbons (Fsp3) is 0.235. The lowest BCUT2D eigenvalue weighted by Gasteiger charge is -2.18. The van der Waals surface area contributed by atoms with Crippen LogP contribution < -0.4 is 11.3 Å². The van der Waals surface area contributed by atoms with Crippen molar-refractivity contribution in [1.82, 2.24) is 24.1 Å². The Hall–Kier alpha value is -3.14. The number of hydrogen-bond acceptors (Lipinski definition) is 6. The molecule has 2 N–H and O–H groups in total. The first-order chi connectivity index (χ1) is 12.9. The van der Waals surface area contributed by atoms with Gasteiger partial charge in [0, 0.05) is 11.3 Å². The van der Waals surface area contributed by atoms with Gasteiger partial charge in [0.25, 0.3) is 5.56 Å². The van der Waals surface area contributed by atoms with Crippen LogP contribution in [0, 0.1) is 5.82 Å². The Morgan fingerprint density at radius 2 is 2.15 bits per heavy atom. The molecule has 0 saturated carbocycles. The Bertz CT molecular complexity index is 1240. The number of nitrogens with zero attached hydrogens (tertiary/aromatic N) is 5. The molecule has 4 aromatic rings. The molecule has 138 valence electrons.